The molecule has 0 saturated heterocycles. The fourth-order valence-corrected chi connectivity index (χ4v) is 2.64. The molecular weight excluding hydrogens is 295 g/mol. The summed E-state index contributed by atoms with van der Waals surface area (Å²) in [5.41, 5.74) is 6.29. The minimum atomic E-state index is -0.827. The maximum atomic E-state index is 13.1. The van der Waals surface area contributed by atoms with Gasteiger partial charge in [-0.1, -0.05) is 11.8 Å². The fraction of sp³-hybridized carbons (Fsp3) is 0.385. The lowest BCUT2D eigenvalue weighted by Gasteiger charge is -2.11. The molecule has 6 nitrogen and oxygen atoms in total. The van der Waals surface area contributed by atoms with Gasteiger partial charge in [0, 0.05) is 17.9 Å². The van der Waals surface area contributed by atoms with Crippen molar-refractivity contribution in [1.29, 1.82) is 0 Å². The quantitative estimate of drug-likeness (QED) is 0.639. The molecule has 0 fully saturated rings. The monoisotopic (exact) mass is 312 g/mol. The summed E-state index contributed by atoms with van der Waals surface area (Å²) >= 11 is 1.27. The Hall–Kier alpha value is -1.48. The van der Waals surface area contributed by atoms with Crippen LogP contribution in [-0.2, 0) is 6.42 Å². The second kappa shape index (κ2) is 7.51. The third kappa shape index (κ3) is 4.01. The molecular formula is C13H17FN4O2S. The van der Waals surface area contributed by atoms with Crippen molar-refractivity contribution in [2.24, 2.45) is 5.73 Å². The van der Waals surface area contributed by atoms with Gasteiger partial charge in [-0.05, 0) is 30.8 Å². The standard InChI is InChI=1S/C13H17FN4O2S/c14-9-1-3-10(4-2-9)18-12(5-6-15)16-17-13(18)21-8-11(20)7-19/h1-4,11,19-20H,5-8,15H2/t11-/m1/s1. The summed E-state index contributed by atoms with van der Waals surface area (Å²) in [4.78, 5) is 0. The van der Waals surface area contributed by atoms with Gasteiger partial charge < -0.3 is 15.9 Å². The molecule has 0 saturated carbocycles. The van der Waals surface area contributed by atoms with Gasteiger partial charge in [-0.25, -0.2) is 4.39 Å². The van der Waals surface area contributed by atoms with E-state index >= 15 is 0 Å². The Kier molecular flexibility index (Phi) is 5.68. The van der Waals surface area contributed by atoms with Gasteiger partial charge in [0.25, 0.3) is 0 Å². The zero-order valence-corrected chi connectivity index (χ0v) is 12.1. The molecule has 21 heavy (non-hydrogen) atoms. The Morgan fingerprint density at radius 2 is 2.00 bits per heavy atom. The molecule has 0 amide bonds. The van der Waals surface area contributed by atoms with Crippen LogP contribution < -0.4 is 5.73 Å². The molecule has 0 aliphatic rings. The van der Waals surface area contributed by atoms with Crippen molar-refractivity contribution < 1.29 is 14.6 Å². The van der Waals surface area contributed by atoms with Crippen LogP contribution in [0.5, 0.6) is 0 Å². The molecule has 0 bridgehead atoms. The van der Waals surface area contributed by atoms with Gasteiger partial charge in [-0.15, -0.1) is 10.2 Å². The van der Waals surface area contributed by atoms with Crippen molar-refractivity contribution in [3.63, 3.8) is 0 Å². The molecule has 1 aromatic carbocycles. The van der Waals surface area contributed by atoms with Crippen LogP contribution in [0.1, 0.15) is 5.82 Å². The highest BCUT2D eigenvalue weighted by atomic mass is 32.2. The Balaban J connectivity index is 2.30. The molecule has 8 heteroatoms. The molecule has 2 aromatic rings. The predicted octanol–water partition coefficient (Wildman–Crippen LogP) is 0.353. The third-order valence-electron chi connectivity index (χ3n) is 2.77. The van der Waals surface area contributed by atoms with E-state index in [0.29, 0.717) is 29.7 Å². The van der Waals surface area contributed by atoms with Gasteiger partial charge in [0.15, 0.2) is 5.16 Å². The van der Waals surface area contributed by atoms with E-state index in [-0.39, 0.29) is 12.4 Å². The summed E-state index contributed by atoms with van der Waals surface area (Å²) in [5.74, 6) is 0.639. The molecule has 0 aliphatic carbocycles. The van der Waals surface area contributed by atoms with E-state index in [1.807, 2.05) is 0 Å². The molecule has 4 N–H and O–H groups in total. The molecule has 1 atom stereocenters. The first-order valence-corrected chi connectivity index (χ1v) is 7.46. The Bertz CT molecular complexity index is 576. The first-order valence-electron chi connectivity index (χ1n) is 6.47. The number of nitrogens with zero attached hydrogens (tertiary/aromatic N) is 3. The van der Waals surface area contributed by atoms with Crippen LogP contribution in [-0.4, -0.2) is 50.0 Å². The minimum Gasteiger partial charge on any atom is -0.394 e. The molecule has 1 aromatic heterocycles. The largest absolute Gasteiger partial charge is 0.394 e. The van der Waals surface area contributed by atoms with Gasteiger partial charge in [-0.3, -0.25) is 4.57 Å². The topological polar surface area (TPSA) is 97.2 Å². The molecule has 114 valence electrons. The third-order valence-corrected chi connectivity index (χ3v) is 3.84. The van der Waals surface area contributed by atoms with Gasteiger partial charge >= 0.3 is 0 Å². The number of aliphatic hydroxyl groups is 2. The minimum absolute atomic E-state index is 0.290. The average molecular weight is 312 g/mol. The number of hydrogen-bond donors (Lipinski definition) is 3. The summed E-state index contributed by atoms with van der Waals surface area (Å²) in [6.07, 6.45) is -0.292. The SMILES string of the molecule is NCCc1nnc(SC[C@H](O)CO)n1-c1ccc(F)cc1. The van der Waals surface area contributed by atoms with Crippen molar-refractivity contribution in [1.82, 2.24) is 14.8 Å². The van der Waals surface area contributed by atoms with Crippen LogP contribution in [0.3, 0.4) is 0 Å². The summed E-state index contributed by atoms with van der Waals surface area (Å²) in [5, 5.41) is 27.0. The molecule has 0 unspecified atom stereocenters. The average Bonchev–Trinajstić information content (AvgIpc) is 2.89. The highest BCUT2D eigenvalue weighted by molar-refractivity contribution is 7.99. The maximum Gasteiger partial charge on any atom is 0.195 e. The van der Waals surface area contributed by atoms with Gasteiger partial charge in [0.05, 0.1) is 12.7 Å². The number of rotatable bonds is 7. The van der Waals surface area contributed by atoms with Crippen molar-refractivity contribution in [3.05, 3.63) is 35.9 Å². The van der Waals surface area contributed by atoms with Crippen LogP contribution in [0, 0.1) is 5.82 Å². The van der Waals surface area contributed by atoms with Crippen LogP contribution in [0.4, 0.5) is 4.39 Å². The van der Waals surface area contributed by atoms with E-state index in [0.717, 1.165) is 5.69 Å². The van der Waals surface area contributed by atoms with Crippen LogP contribution in [0.25, 0.3) is 5.69 Å². The number of aliphatic hydroxyl groups excluding tert-OH is 2. The van der Waals surface area contributed by atoms with Crippen LogP contribution >= 0.6 is 11.8 Å². The van der Waals surface area contributed by atoms with E-state index in [2.05, 4.69) is 10.2 Å². The normalized spacial score (nSPS) is 12.6. The highest BCUT2D eigenvalue weighted by Crippen LogP contribution is 2.23. The Morgan fingerprint density at radius 3 is 2.62 bits per heavy atom. The molecule has 0 spiro atoms. The summed E-state index contributed by atoms with van der Waals surface area (Å²) in [6.45, 7) is 0.108. The second-order valence-corrected chi connectivity index (χ2v) is 5.38. The van der Waals surface area contributed by atoms with Crippen LogP contribution in [0.15, 0.2) is 29.4 Å². The molecule has 1 heterocycles. The molecule has 0 radical (unpaired) electrons. The second-order valence-electron chi connectivity index (χ2n) is 4.40. The summed E-state index contributed by atoms with van der Waals surface area (Å²) in [6, 6.07) is 5.98. The lowest BCUT2D eigenvalue weighted by atomic mass is 10.3. The smallest absolute Gasteiger partial charge is 0.195 e. The summed E-state index contributed by atoms with van der Waals surface area (Å²) < 4.78 is 14.8. The van der Waals surface area contributed by atoms with E-state index < -0.39 is 6.10 Å². The number of thioether (sulfide) groups is 1. The zero-order chi connectivity index (χ0) is 15.2. The van der Waals surface area contributed by atoms with Gasteiger partial charge in [0.2, 0.25) is 0 Å². The Labute approximate surface area is 125 Å². The maximum absolute atomic E-state index is 13.1. The van der Waals surface area contributed by atoms with Gasteiger partial charge in [0.1, 0.15) is 11.6 Å². The number of aromatic nitrogens is 3. The van der Waals surface area contributed by atoms with Crippen LogP contribution in [0.2, 0.25) is 0 Å². The van der Waals surface area contributed by atoms with E-state index in [4.69, 9.17) is 10.8 Å². The van der Waals surface area contributed by atoms with Crippen molar-refractivity contribution >= 4 is 11.8 Å². The lowest BCUT2D eigenvalue weighted by Crippen LogP contribution is -2.15. The lowest BCUT2D eigenvalue weighted by molar-refractivity contribution is 0.113. The number of nitrogens with two attached hydrogens (primary N) is 1. The van der Waals surface area contributed by atoms with E-state index in [9.17, 15) is 9.50 Å². The van der Waals surface area contributed by atoms with Crippen molar-refractivity contribution in [2.75, 3.05) is 18.9 Å². The number of benzene rings is 1. The Morgan fingerprint density at radius 1 is 1.29 bits per heavy atom. The highest BCUT2D eigenvalue weighted by Gasteiger charge is 2.15. The number of hydrogen-bond acceptors (Lipinski definition) is 6. The number of halogens is 1. The first-order chi connectivity index (χ1) is 10.2. The van der Waals surface area contributed by atoms with E-state index in [1.165, 1.54) is 23.9 Å². The summed E-state index contributed by atoms with van der Waals surface area (Å²) in [7, 11) is 0. The first kappa shape index (κ1) is 15.9. The molecule has 2 rings (SSSR count). The predicted molar refractivity (Wildman–Crippen MR) is 77.9 cm³/mol. The molecule has 0 aliphatic heterocycles. The fourth-order valence-electron chi connectivity index (χ4n) is 1.76. The van der Waals surface area contributed by atoms with Gasteiger partial charge in [-0.2, -0.15) is 0 Å². The van der Waals surface area contributed by atoms with E-state index in [1.54, 1.807) is 16.7 Å². The zero-order valence-electron chi connectivity index (χ0n) is 11.3. The van der Waals surface area contributed by atoms with Crippen molar-refractivity contribution in [2.45, 2.75) is 17.7 Å². The van der Waals surface area contributed by atoms with Crippen molar-refractivity contribution in [3.8, 4) is 5.69 Å².